The zero-order valence-corrected chi connectivity index (χ0v) is 7.56. The number of hydrogen-bond acceptors (Lipinski definition) is 3. The Kier molecular flexibility index (Phi) is 2.15. The number of amides is 1. The minimum Gasteiger partial charge on any atom is -0.447 e. The summed E-state index contributed by atoms with van der Waals surface area (Å²) in [7, 11) is 0. The second-order valence-electron chi connectivity index (χ2n) is 3.02. The average molecular weight is 190 g/mol. The predicted octanol–water partition coefficient (Wildman–Crippen LogP) is 0.441. The second kappa shape index (κ2) is 3.46. The number of carbonyl (C=O) groups is 1. The maximum atomic E-state index is 11.2. The zero-order chi connectivity index (χ0) is 9.97. The fourth-order valence-corrected chi connectivity index (χ4v) is 1.44. The molecule has 0 aromatic rings. The Bertz CT molecular complexity index is 352. The van der Waals surface area contributed by atoms with Gasteiger partial charge in [0.2, 0.25) is 0 Å². The maximum absolute atomic E-state index is 11.2. The quantitative estimate of drug-likeness (QED) is 0.610. The van der Waals surface area contributed by atoms with Gasteiger partial charge in [-0.2, -0.15) is 0 Å². The van der Waals surface area contributed by atoms with Gasteiger partial charge in [-0.3, -0.25) is 4.90 Å². The van der Waals surface area contributed by atoms with E-state index in [1.807, 2.05) is 6.08 Å². The molecule has 1 atom stereocenters. The summed E-state index contributed by atoms with van der Waals surface area (Å²) in [5, 5.41) is 3.03. The molecule has 0 saturated carbocycles. The van der Waals surface area contributed by atoms with Crippen LogP contribution >= 0.6 is 0 Å². The van der Waals surface area contributed by atoms with Gasteiger partial charge in [0.1, 0.15) is 12.8 Å². The molecule has 2 aliphatic rings. The number of nitrogens with one attached hydrogen (secondary N) is 1. The van der Waals surface area contributed by atoms with E-state index in [1.54, 1.807) is 17.2 Å². The van der Waals surface area contributed by atoms with E-state index >= 15 is 0 Å². The molecule has 0 aromatic carbocycles. The third-order valence-electron chi connectivity index (χ3n) is 2.16. The van der Waals surface area contributed by atoms with Gasteiger partial charge in [-0.05, 0) is 18.4 Å². The van der Waals surface area contributed by atoms with Crippen molar-refractivity contribution in [3.05, 3.63) is 23.9 Å². The van der Waals surface area contributed by atoms with Crippen molar-refractivity contribution in [3.8, 4) is 12.3 Å². The summed E-state index contributed by atoms with van der Waals surface area (Å²) < 4.78 is 4.83. The highest BCUT2D eigenvalue weighted by Gasteiger charge is 2.28. The van der Waals surface area contributed by atoms with E-state index in [4.69, 9.17) is 11.2 Å². The van der Waals surface area contributed by atoms with Crippen LogP contribution in [0.3, 0.4) is 0 Å². The normalized spacial score (nSPS) is 25.1. The Labute approximate surface area is 82.2 Å². The van der Waals surface area contributed by atoms with Crippen LogP contribution in [-0.4, -0.2) is 30.3 Å². The number of cyclic esters (lactones) is 1. The van der Waals surface area contributed by atoms with Gasteiger partial charge < -0.3 is 10.1 Å². The van der Waals surface area contributed by atoms with Crippen LogP contribution in [0.4, 0.5) is 4.79 Å². The summed E-state index contributed by atoms with van der Waals surface area (Å²) >= 11 is 0. The van der Waals surface area contributed by atoms with E-state index in [-0.39, 0.29) is 12.3 Å². The van der Waals surface area contributed by atoms with E-state index in [0.717, 1.165) is 5.57 Å². The number of allylic oxidation sites excluding steroid dienone is 2. The van der Waals surface area contributed by atoms with E-state index in [2.05, 4.69) is 11.2 Å². The van der Waals surface area contributed by atoms with Crippen LogP contribution in [0.5, 0.6) is 0 Å². The first-order chi connectivity index (χ1) is 6.81. The van der Waals surface area contributed by atoms with Crippen LogP contribution in [0.1, 0.15) is 0 Å². The lowest BCUT2D eigenvalue weighted by Crippen LogP contribution is -2.43. The van der Waals surface area contributed by atoms with Gasteiger partial charge in [0.05, 0.1) is 6.54 Å². The van der Waals surface area contributed by atoms with Crippen LogP contribution in [0, 0.1) is 12.3 Å². The highest BCUT2D eigenvalue weighted by Crippen LogP contribution is 2.12. The van der Waals surface area contributed by atoms with Gasteiger partial charge in [-0.15, -0.1) is 6.42 Å². The monoisotopic (exact) mass is 190 g/mol. The molecule has 0 aromatic heterocycles. The van der Waals surface area contributed by atoms with Crippen molar-refractivity contribution in [1.82, 2.24) is 10.2 Å². The molecule has 72 valence electrons. The molecule has 4 heteroatoms. The molecule has 1 N–H and O–H groups in total. The topological polar surface area (TPSA) is 41.6 Å². The molecule has 14 heavy (non-hydrogen) atoms. The Balaban J connectivity index is 2.13. The molecule has 0 radical (unpaired) electrons. The molecule has 0 spiro atoms. The molecule has 1 fully saturated rings. The van der Waals surface area contributed by atoms with Crippen LogP contribution in [-0.2, 0) is 4.74 Å². The molecule has 2 aliphatic heterocycles. The lowest BCUT2D eigenvalue weighted by atomic mass is 10.2. The van der Waals surface area contributed by atoms with Gasteiger partial charge in [-0.1, -0.05) is 5.92 Å². The third-order valence-corrected chi connectivity index (χ3v) is 2.16. The number of terminal acetylenes is 1. The van der Waals surface area contributed by atoms with Crippen molar-refractivity contribution in [2.45, 2.75) is 6.17 Å². The van der Waals surface area contributed by atoms with Crippen molar-refractivity contribution in [2.24, 2.45) is 0 Å². The summed E-state index contributed by atoms with van der Waals surface area (Å²) in [4.78, 5) is 12.8. The molecular formula is C10H10N2O2. The van der Waals surface area contributed by atoms with Gasteiger partial charge in [0.25, 0.3) is 0 Å². The highest BCUT2D eigenvalue weighted by molar-refractivity contribution is 5.70. The van der Waals surface area contributed by atoms with Crippen molar-refractivity contribution >= 4 is 6.09 Å². The Morgan fingerprint density at radius 1 is 1.71 bits per heavy atom. The maximum Gasteiger partial charge on any atom is 0.411 e. The highest BCUT2D eigenvalue weighted by atomic mass is 16.6. The zero-order valence-electron chi connectivity index (χ0n) is 7.56. The lowest BCUT2D eigenvalue weighted by Gasteiger charge is -2.25. The largest absolute Gasteiger partial charge is 0.447 e. The average Bonchev–Trinajstić information content (AvgIpc) is 2.65. The van der Waals surface area contributed by atoms with E-state index in [9.17, 15) is 4.79 Å². The standard InChI is InChI=1S/C10H10N2O2/c1-2-8-3-4-11-9(7-8)12-5-6-14-10(12)13/h1,3-4,7,9,11H,5-6H2. The number of dihydropyridines is 1. The SMILES string of the molecule is C#CC1=CC(N2CCOC2=O)NC=C1. The second-order valence-corrected chi connectivity index (χ2v) is 3.02. The van der Waals surface area contributed by atoms with Crippen molar-refractivity contribution in [1.29, 1.82) is 0 Å². The van der Waals surface area contributed by atoms with Crippen LogP contribution in [0.15, 0.2) is 23.9 Å². The fourth-order valence-electron chi connectivity index (χ4n) is 1.44. The molecule has 1 amide bonds. The van der Waals surface area contributed by atoms with Crippen LogP contribution in [0.2, 0.25) is 0 Å². The Hall–Kier alpha value is -1.89. The van der Waals surface area contributed by atoms with E-state index in [1.165, 1.54) is 0 Å². The first-order valence-electron chi connectivity index (χ1n) is 4.35. The molecule has 1 unspecified atom stereocenters. The van der Waals surface area contributed by atoms with Gasteiger partial charge in [0.15, 0.2) is 0 Å². The smallest absolute Gasteiger partial charge is 0.411 e. The van der Waals surface area contributed by atoms with E-state index in [0.29, 0.717) is 13.2 Å². The number of ether oxygens (including phenoxy) is 1. The summed E-state index contributed by atoms with van der Waals surface area (Å²) in [6.45, 7) is 1.04. The van der Waals surface area contributed by atoms with Crippen molar-refractivity contribution < 1.29 is 9.53 Å². The molecule has 0 bridgehead atoms. The molecule has 2 heterocycles. The molecule has 1 saturated heterocycles. The van der Waals surface area contributed by atoms with Crippen molar-refractivity contribution in [3.63, 3.8) is 0 Å². The van der Waals surface area contributed by atoms with Gasteiger partial charge in [-0.25, -0.2) is 4.79 Å². The van der Waals surface area contributed by atoms with Gasteiger partial charge >= 0.3 is 6.09 Å². The molecule has 4 nitrogen and oxygen atoms in total. The summed E-state index contributed by atoms with van der Waals surface area (Å²) in [5.41, 5.74) is 0.772. The third kappa shape index (κ3) is 1.44. The van der Waals surface area contributed by atoms with E-state index < -0.39 is 0 Å². The fraction of sp³-hybridized carbons (Fsp3) is 0.300. The molecule has 0 aliphatic carbocycles. The summed E-state index contributed by atoms with van der Waals surface area (Å²) in [6, 6.07) is 0. The minimum atomic E-state index is -0.301. The van der Waals surface area contributed by atoms with Crippen LogP contribution in [0.25, 0.3) is 0 Å². The number of rotatable bonds is 1. The molecular weight excluding hydrogens is 180 g/mol. The Morgan fingerprint density at radius 2 is 2.57 bits per heavy atom. The van der Waals surface area contributed by atoms with Crippen molar-refractivity contribution in [2.75, 3.05) is 13.2 Å². The Morgan fingerprint density at radius 3 is 3.21 bits per heavy atom. The molecule has 2 rings (SSSR count). The lowest BCUT2D eigenvalue weighted by molar-refractivity contribution is 0.150. The number of nitrogens with zero attached hydrogens (tertiary/aromatic N) is 1. The number of hydrogen-bond donors (Lipinski definition) is 1. The van der Waals surface area contributed by atoms with Crippen LogP contribution < -0.4 is 5.32 Å². The first kappa shape index (κ1) is 8.70. The van der Waals surface area contributed by atoms with Gasteiger partial charge in [0, 0.05) is 5.57 Å². The summed E-state index contributed by atoms with van der Waals surface area (Å²) in [5.74, 6) is 2.53. The first-order valence-corrected chi connectivity index (χ1v) is 4.35. The minimum absolute atomic E-state index is 0.180. The summed E-state index contributed by atoms with van der Waals surface area (Å²) in [6.07, 6.45) is 10.1. The number of carbonyl (C=O) groups excluding carboxylic acids is 1. The predicted molar refractivity (Wildman–Crippen MR) is 51.0 cm³/mol.